The van der Waals surface area contributed by atoms with Gasteiger partial charge in [-0.2, -0.15) is 0 Å². The molecule has 150 valence electrons. The number of aromatic amines is 1. The molecule has 7 heteroatoms. The van der Waals surface area contributed by atoms with E-state index in [0.717, 1.165) is 47.5 Å². The number of para-hydroxylation sites is 3. The number of carbonyl (C=O) groups excluding carboxylic acids is 1. The molecule has 1 saturated heterocycles. The van der Waals surface area contributed by atoms with Crippen molar-refractivity contribution in [2.45, 2.75) is 12.8 Å². The molecule has 4 aromatic rings. The molecule has 2 N–H and O–H groups in total. The van der Waals surface area contributed by atoms with Crippen LogP contribution in [0.25, 0.3) is 22.4 Å². The molecular weight excluding hydrogens is 376 g/mol. The zero-order valence-electron chi connectivity index (χ0n) is 16.5. The van der Waals surface area contributed by atoms with E-state index in [2.05, 4.69) is 30.2 Å². The zero-order valence-corrected chi connectivity index (χ0v) is 16.5. The summed E-state index contributed by atoms with van der Waals surface area (Å²) in [7, 11) is 0. The van der Waals surface area contributed by atoms with Crippen molar-refractivity contribution in [2.75, 3.05) is 23.3 Å². The Morgan fingerprint density at radius 3 is 2.70 bits per heavy atom. The Morgan fingerprint density at radius 2 is 1.83 bits per heavy atom. The number of imidazole rings is 1. The third kappa shape index (κ3) is 3.61. The van der Waals surface area contributed by atoms with Crippen molar-refractivity contribution >= 4 is 28.6 Å². The lowest BCUT2D eigenvalue weighted by molar-refractivity contribution is -0.120. The number of rotatable bonds is 4. The molecule has 0 radical (unpaired) electrons. The SMILES string of the molecule is O=C(Nc1ccccc1-c1nc2ccccc2[nH]1)C1CCCN(c2ncccn2)C1. The molecule has 2 aromatic carbocycles. The average molecular weight is 398 g/mol. The van der Waals surface area contributed by atoms with E-state index in [-0.39, 0.29) is 11.8 Å². The molecule has 2 aromatic heterocycles. The largest absolute Gasteiger partial charge is 0.340 e. The van der Waals surface area contributed by atoms with Crippen LogP contribution >= 0.6 is 0 Å². The van der Waals surface area contributed by atoms with Crippen LogP contribution in [-0.4, -0.2) is 38.9 Å². The molecule has 1 aliphatic heterocycles. The third-order valence-electron chi connectivity index (χ3n) is 5.46. The second kappa shape index (κ2) is 7.94. The molecule has 0 bridgehead atoms. The number of H-pyrrole nitrogens is 1. The number of anilines is 2. The number of fused-ring (bicyclic) bond motifs is 1. The minimum absolute atomic E-state index is 0.0131. The minimum atomic E-state index is -0.119. The summed E-state index contributed by atoms with van der Waals surface area (Å²) in [5.41, 5.74) is 3.51. The quantitative estimate of drug-likeness (QED) is 0.545. The first-order chi connectivity index (χ1) is 14.8. The van der Waals surface area contributed by atoms with Crippen molar-refractivity contribution in [2.24, 2.45) is 5.92 Å². The van der Waals surface area contributed by atoms with Gasteiger partial charge in [-0.05, 0) is 43.2 Å². The summed E-state index contributed by atoms with van der Waals surface area (Å²) in [6.07, 6.45) is 5.24. The summed E-state index contributed by atoms with van der Waals surface area (Å²) < 4.78 is 0. The number of nitrogens with one attached hydrogen (secondary N) is 2. The Morgan fingerprint density at radius 1 is 1.03 bits per heavy atom. The fraction of sp³-hybridized carbons (Fsp3) is 0.217. The van der Waals surface area contributed by atoms with Gasteiger partial charge >= 0.3 is 0 Å². The summed E-state index contributed by atoms with van der Waals surface area (Å²) in [5, 5.41) is 3.13. The van der Waals surface area contributed by atoms with Gasteiger partial charge in [0.2, 0.25) is 11.9 Å². The van der Waals surface area contributed by atoms with E-state index in [9.17, 15) is 4.79 Å². The highest BCUT2D eigenvalue weighted by atomic mass is 16.1. The lowest BCUT2D eigenvalue weighted by Gasteiger charge is -2.32. The number of carbonyl (C=O) groups is 1. The van der Waals surface area contributed by atoms with E-state index in [0.29, 0.717) is 12.5 Å². The Kier molecular flexibility index (Phi) is 4.85. The lowest BCUT2D eigenvalue weighted by atomic mass is 9.97. The van der Waals surface area contributed by atoms with Crippen LogP contribution in [0.4, 0.5) is 11.6 Å². The minimum Gasteiger partial charge on any atom is -0.340 e. The highest BCUT2D eigenvalue weighted by Crippen LogP contribution is 2.29. The Bertz CT molecular complexity index is 1140. The van der Waals surface area contributed by atoms with Gasteiger partial charge in [-0.15, -0.1) is 0 Å². The molecule has 1 atom stereocenters. The van der Waals surface area contributed by atoms with Gasteiger partial charge in [-0.3, -0.25) is 4.79 Å². The number of aromatic nitrogens is 4. The number of amides is 1. The number of hydrogen-bond donors (Lipinski definition) is 2. The second-order valence-electron chi connectivity index (χ2n) is 7.47. The fourth-order valence-electron chi connectivity index (χ4n) is 3.94. The van der Waals surface area contributed by atoms with E-state index >= 15 is 0 Å². The predicted octanol–water partition coefficient (Wildman–Crippen LogP) is 3.88. The number of nitrogens with zero attached hydrogens (tertiary/aromatic N) is 4. The molecular formula is C23H22N6O. The maximum Gasteiger partial charge on any atom is 0.229 e. The maximum absolute atomic E-state index is 13.1. The summed E-state index contributed by atoms with van der Waals surface area (Å²) in [4.78, 5) is 31.9. The van der Waals surface area contributed by atoms with Gasteiger partial charge in [0, 0.05) is 31.0 Å². The van der Waals surface area contributed by atoms with Crippen LogP contribution in [0, 0.1) is 5.92 Å². The highest BCUT2D eigenvalue weighted by Gasteiger charge is 2.27. The topological polar surface area (TPSA) is 86.8 Å². The molecule has 0 spiro atoms. The van der Waals surface area contributed by atoms with E-state index in [1.807, 2.05) is 48.5 Å². The van der Waals surface area contributed by atoms with Crippen LogP contribution in [0.2, 0.25) is 0 Å². The van der Waals surface area contributed by atoms with E-state index in [1.54, 1.807) is 18.5 Å². The standard InChI is InChI=1S/C23H22N6O/c30-22(16-7-5-14-29(15-16)23-24-12-6-13-25-23)28-18-9-2-1-8-17(18)21-26-19-10-3-4-11-20(19)27-21/h1-4,6,8-13,16H,5,7,14-15H2,(H,26,27)(H,28,30). The van der Waals surface area contributed by atoms with Gasteiger partial charge < -0.3 is 15.2 Å². The summed E-state index contributed by atoms with van der Waals surface area (Å²) in [6.45, 7) is 1.48. The molecule has 3 heterocycles. The molecule has 30 heavy (non-hydrogen) atoms. The van der Waals surface area contributed by atoms with Gasteiger partial charge in [-0.1, -0.05) is 24.3 Å². The molecule has 1 amide bonds. The molecule has 5 rings (SSSR count). The van der Waals surface area contributed by atoms with Crippen LogP contribution in [0.5, 0.6) is 0 Å². The average Bonchev–Trinajstić information content (AvgIpc) is 3.24. The summed E-state index contributed by atoms with van der Waals surface area (Å²) in [5.74, 6) is 1.32. The van der Waals surface area contributed by atoms with Gasteiger partial charge in [-0.25, -0.2) is 15.0 Å². The molecule has 7 nitrogen and oxygen atoms in total. The lowest BCUT2D eigenvalue weighted by Crippen LogP contribution is -2.41. The van der Waals surface area contributed by atoms with E-state index < -0.39 is 0 Å². The predicted molar refractivity (Wildman–Crippen MR) is 117 cm³/mol. The van der Waals surface area contributed by atoms with Crippen molar-refractivity contribution in [1.82, 2.24) is 19.9 Å². The van der Waals surface area contributed by atoms with Crippen LogP contribution < -0.4 is 10.2 Å². The summed E-state index contributed by atoms with van der Waals surface area (Å²) in [6, 6.07) is 17.5. The third-order valence-corrected chi connectivity index (χ3v) is 5.46. The van der Waals surface area contributed by atoms with E-state index in [1.165, 1.54) is 0 Å². The van der Waals surface area contributed by atoms with E-state index in [4.69, 9.17) is 0 Å². The first kappa shape index (κ1) is 18.3. The maximum atomic E-state index is 13.1. The molecule has 1 unspecified atom stereocenters. The van der Waals surface area contributed by atoms with Gasteiger partial charge in [0.05, 0.1) is 22.6 Å². The Labute approximate surface area is 174 Å². The van der Waals surface area contributed by atoms with Gasteiger partial charge in [0.15, 0.2) is 0 Å². The van der Waals surface area contributed by atoms with Gasteiger partial charge in [0.1, 0.15) is 5.82 Å². The number of benzene rings is 2. The van der Waals surface area contributed by atoms with Crippen LogP contribution in [-0.2, 0) is 4.79 Å². The number of hydrogen-bond acceptors (Lipinski definition) is 5. The van der Waals surface area contributed by atoms with Gasteiger partial charge in [0.25, 0.3) is 0 Å². The first-order valence-corrected chi connectivity index (χ1v) is 10.1. The molecule has 0 aliphatic carbocycles. The summed E-state index contributed by atoms with van der Waals surface area (Å²) >= 11 is 0. The Balaban J connectivity index is 1.36. The van der Waals surface area contributed by atoms with Crippen molar-refractivity contribution in [3.63, 3.8) is 0 Å². The van der Waals surface area contributed by atoms with Crippen molar-refractivity contribution in [3.05, 3.63) is 67.0 Å². The smallest absolute Gasteiger partial charge is 0.229 e. The normalized spacial score (nSPS) is 16.5. The van der Waals surface area contributed by atoms with Crippen molar-refractivity contribution in [1.29, 1.82) is 0 Å². The Hall–Kier alpha value is -3.74. The van der Waals surface area contributed by atoms with Crippen LogP contribution in [0.1, 0.15) is 12.8 Å². The fourth-order valence-corrected chi connectivity index (χ4v) is 3.94. The zero-order chi connectivity index (χ0) is 20.3. The monoisotopic (exact) mass is 398 g/mol. The molecule has 0 saturated carbocycles. The van der Waals surface area contributed by atoms with Crippen molar-refractivity contribution < 1.29 is 4.79 Å². The highest BCUT2D eigenvalue weighted by molar-refractivity contribution is 5.97. The van der Waals surface area contributed by atoms with Crippen molar-refractivity contribution in [3.8, 4) is 11.4 Å². The number of piperidine rings is 1. The second-order valence-corrected chi connectivity index (χ2v) is 7.47. The van der Waals surface area contributed by atoms with Crippen LogP contribution in [0.15, 0.2) is 67.0 Å². The van der Waals surface area contributed by atoms with Crippen LogP contribution in [0.3, 0.4) is 0 Å². The first-order valence-electron chi connectivity index (χ1n) is 10.1. The molecule has 1 aliphatic rings. The molecule has 1 fully saturated rings.